The quantitative estimate of drug-likeness (QED) is 0.115. The molecule has 0 bridgehead atoms. The SMILES string of the molecule is CCCCCCOC(=O)COc1c2ccccc2c(OCC(=O)OCCCCCC)c2c(C)cccc12. The third-order valence-corrected chi connectivity index (χ3v) is 6.35. The highest BCUT2D eigenvalue weighted by Gasteiger charge is 2.19. The summed E-state index contributed by atoms with van der Waals surface area (Å²) in [5.41, 5.74) is 0.981. The maximum absolute atomic E-state index is 12.4. The summed E-state index contributed by atoms with van der Waals surface area (Å²) in [6, 6.07) is 13.6. The Hall–Kier alpha value is -3.28. The van der Waals surface area contributed by atoms with Gasteiger partial charge < -0.3 is 18.9 Å². The molecule has 0 saturated carbocycles. The Bertz CT molecular complexity index is 1170. The van der Waals surface area contributed by atoms with Gasteiger partial charge in [-0.05, 0) is 25.3 Å². The summed E-state index contributed by atoms with van der Waals surface area (Å²) in [5, 5.41) is 3.28. The van der Waals surface area contributed by atoms with Crippen molar-refractivity contribution in [2.24, 2.45) is 0 Å². The van der Waals surface area contributed by atoms with Crippen LogP contribution in [-0.2, 0) is 19.1 Å². The number of fused-ring (bicyclic) bond motifs is 2. The Labute approximate surface area is 220 Å². The van der Waals surface area contributed by atoms with Crippen molar-refractivity contribution in [2.45, 2.75) is 72.1 Å². The highest BCUT2D eigenvalue weighted by molar-refractivity contribution is 6.12. The van der Waals surface area contributed by atoms with Crippen LogP contribution in [0.15, 0.2) is 42.5 Å². The van der Waals surface area contributed by atoms with Gasteiger partial charge in [-0.3, -0.25) is 0 Å². The largest absolute Gasteiger partial charge is 0.481 e. The lowest BCUT2D eigenvalue weighted by atomic mass is 9.97. The zero-order valence-corrected chi connectivity index (χ0v) is 22.5. The molecule has 0 unspecified atom stereocenters. The predicted molar refractivity (Wildman–Crippen MR) is 147 cm³/mol. The highest BCUT2D eigenvalue weighted by atomic mass is 16.6. The van der Waals surface area contributed by atoms with Gasteiger partial charge in [0, 0.05) is 21.5 Å². The molecule has 0 heterocycles. The van der Waals surface area contributed by atoms with Gasteiger partial charge in [0.05, 0.1) is 13.2 Å². The molecule has 0 aliphatic carbocycles. The second-order valence-corrected chi connectivity index (χ2v) is 9.34. The summed E-state index contributed by atoms with van der Waals surface area (Å²) in [5.74, 6) is 0.438. The monoisotopic (exact) mass is 508 g/mol. The average molecular weight is 509 g/mol. The summed E-state index contributed by atoms with van der Waals surface area (Å²) >= 11 is 0. The van der Waals surface area contributed by atoms with Crippen molar-refractivity contribution in [1.29, 1.82) is 0 Å². The first-order valence-electron chi connectivity index (χ1n) is 13.6. The first kappa shape index (κ1) is 28.3. The van der Waals surface area contributed by atoms with E-state index in [1.165, 1.54) is 0 Å². The van der Waals surface area contributed by atoms with Gasteiger partial charge in [0.25, 0.3) is 0 Å². The second kappa shape index (κ2) is 15.1. The van der Waals surface area contributed by atoms with E-state index >= 15 is 0 Å². The van der Waals surface area contributed by atoms with Crippen molar-refractivity contribution < 1.29 is 28.5 Å². The predicted octanol–water partition coefficient (Wildman–Crippen LogP) is 7.31. The van der Waals surface area contributed by atoms with Gasteiger partial charge in [-0.1, -0.05) is 94.8 Å². The summed E-state index contributed by atoms with van der Waals surface area (Å²) in [6.45, 7) is 6.75. The van der Waals surface area contributed by atoms with Crippen LogP contribution in [0.2, 0.25) is 0 Å². The van der Waals surface area contributed by atoms with Gasteiger partial charge in [-0.2, -0.15) is 0 Å². The zero-order chi connectivity index (χ0) is 26.5. The van der Waals surface area contributed by atoms with Crippen LogP contribution < -0.4 is 9.47 Å². The van der Waals surface area contributed by atoms with Gasteiger partial charge in [0.15, 0.2) is 13.2 Å². The smallest absolute Gasteiger partial charge is 0.344 e. The molecule has 0 fully saturated rings. The van der Waals surface area contributed by atoms with Crippen LogP contribution in [-0.4, -0.2) is 38.4 Å². The molecule has 0 aliphatic rings. The van der Waals surface area contributed by atoms with Crippen molar-refractivity contribution in [3.63, 3.8) is 0 Å². The highest BCUT2D eigenvalue weighted by Crippen LogP contribution is 2.44. The van der Waals surface area contributed by atoms with Crippen molar-refractivity contribution in [3.05, 3.63) is 48.0 Å². The molecule has 0 amide bonds. The first-order valence-corrected chi connectivity index (χ1v) is 13.6. The van der Waals surface area contributed by atoms with Crippen LogP contribution in [0.3, 0.4) is 0 Å². The minimum Gasteiger partial charge on any atom is -0.481 e. The van der Waals surface area contributed by atoms with E-state index < -0.39 is 0 Å². The molecule has 0 N–H and O–H groups in total. The van der Waals surface area contributed by atoms with E-state index in [1.54, 1.807) is 0 Å². The number of carbonyl (C=O) groups is 2. The van der Waals surface area contributed by atoms with Crippen molar-refractivity contribution in [1.82, 2.24) is 0 Å². The minimum absolute atomic E-state index is 0.175. The molecular formula is C31H40O6. The lowest BCUT2D eigenvalue weighted by molar-refractivity contribution is -0.147. The van der Waals surface area contributed by atoms with Crippen LogP contribution in [0, 0.1) is 6.92 Å². The third-order valence-electron chi connectivity index (χ3n) is 6.35. The molecule has 3 rings (SSSR count). The molecule has 37 heavy (non-hydrogen) atoms. The van der Waals surface area contributed by atoms with E-state index in [0.717, 1.165) is 78.5 Å². The lowest BCUT2D eigenvalue weighted by Gasteiger charge is -2.18. The molecule has 6 heteroatoms. The topological polar surface area (TPSA) is 71.1 Å². The molecule has 200 valence electrons. The van der Waals surface area contributed by atoms with Crippen LogP contribution in [0.5, 0.6) is 11.5 Å². The Morgan fingerprint density at radius 1 is 0.622 bits per heavy atom. The normalized spacial score (nSPS) is 11.0. The third kappa shape index (κ3) is 8.11. The second-order valence-electron chi connectivity index (χ2n) is 9.34. The van der Waals surface area contributed by atoms with E-state index in [9.17, 15) is 9.59 Å². The van der Waals surface area contributed by atoms with Crippen LogP contribution >= 0.6 is 0 Å². The van der Waals surface area contributed by atoms with Crippen LogP contribution in [0.1, 0.15) is 70.8 Å². The molecular weight excluding hydrogens is 468 g/mol. The Morgan fingerprint density at radius 2 is 1.14 bits per heavy atom. The molecule has 0 atom stereocenters. The number of esters is 2. The number of aryl methyl sites for hydroxylation is 1. The number of rotatable bonds is 16. The van der Waals surface area contributed by atoms with E-state index in [4.69, 9.17) is 18.9 Å². The summed E-state index contributed by atoms with van der Waals surface area (Å²) in [7, 11) is 0. The number of ether oxygens (including phenoxy) is 4. The van der Waals surface area contributed by atoms with E-state index in [1.807, 2.05) is 49.4 Å². The summed E-state index contributed by atoms with van der Waals surface area (Å²) < 4.78 is 22.9. The maximum atomic E-state index is 12.4. The van der Waals surface area contributed by atoms with Gasteiger partial charge in [0.1, 0.15) is 11.5 Å². The molecule has 0 aromatic heterocycles. The van der Waals surface area contributed by atoms with Gasteiger partial charge in [0.2, 0.25) is 0 Å². The van der Waals surface area contributed by atoms with E-state index in [-0.39, 0.29) is 25.2 Å². The first-order chi connectivity index (χ1) is 18.1. The average Bonchev–Trinajstić information content (AvgIpc) is 2.90. The fraction of sp³-hybridized carbons (Fsp3) is 0.484. The molecule has 0 aliphatic heterocycles. The Morgan fingerprint density at radius 3 is 1.70 bits per heavy atom. The number of unbranched alkanes of at least 4 members (excludes halogenated alkanes) is 6. The number of hydrogen-bond acceptors (Lipinski definition) is 6. The van der Waals surface area contributed by atoms with E-state index in [2.05, 4.69) is 13.8 Å². The molecule has 3 aromatic carbocycles. The van der Waals surface area contributed by atoms with Gasteiger partial charge >= 0.3 is 11.9 Å². The summed E-state index contributed by atoms with van der Waals surface area (Å²) in [4.78, 5) is 24.7. The number of hydrogen-bond donors (Lipinski definition) is 0. The minimum atomic E-state index is -0.386. The van der Waals surface area contributed by atoms with Gasteiger partial charge in [-0.25, -0.2) is 9.59 Å². The number of benzene rings is 3. The zero-order valence-electron chi connectivity index (χ0n) is 22.5. The van der Waals surface area contributed by atoms with Crippen LogP contribution in [0.25, 0.3) is 21.5 Å². The van der Waals surface area contributed by atoms with E-state index in [0.29, 0.717) is 24.7 Å². The molecule has 0 spiro atoms. The van der Waals surface area contributed by atoms with Crippen molar-refractivity contribution in [2.75, 3.05) is 26.4 Å². The fourth-order valence-electron chi connectivity index (χ4n) is 4.40. The van der Waals surface area contributed by atoms with Crippen molar-refractivity contribution >= 4 is 33.5 Å². The lowest BCUT2D eigenvalue weighted by Crippen LogP contribution is -2.17. The fourth-order valence-corrected chi connectivity index (χ4v) is 4.40. The summed E-state index contributed by atoms with van der Waals surface area (Å²) in [6.07, 6.45) is 8.36. The Kier molecular flexibility index (Phi) is 11.5. The van der Waals surface area contributed by atoms with Crippen molar-refractivity contribution in [3.8, 4) is 11.5 Å². The standard InChI is InChI=1S/C31H40O6/c1-4-6-8-12-19-34-27(32)21-36-30-24-16-10-11-17-25(24)31(29-23(3)15-14-18-26(29)30)37-22-28(33)35-20-13-9-7-5-2/h10-11,14-18H,4-9,12-13,19-22H2,1-3H3. The number of carbonyl (C=O) groups excluding carboxylic acids is 2. The molecule has 6 nitrogen and oxygen atoms in total. The molecule has 3 aromatic rings. The molecule has 0 saturated heterocycles. The molecule has 0 radical (unpaired) electrons. The Balaban J connectivity index is 1.79. The maximum Gasteiger partial charge on any atom is 0.344 e. The van der Waals surface area contributed by atoms with Gasteiger partial charge in [-0.15, -0.1) is 0 Å². The van der Waals surface area contributed by atoms with Crippen LogP contribution in [0.4, 0.5) is 0 Å².